The average molecular weight is 238 g/mol. The number of nitrogens with two attached hydrogens (primary N) is 1. The number of hydrogen-bond donors (Lipinski definition) is 1. The van der Waals surface area contributed by atoms with Gasteiger partial charge in [0.1, 0.15) is 5.60 Å². The third-order valence-electron chi connectivity index (χ3n) is 0.914. The number of alkyl halides is 1. The third kappa shape index (κ3) is 12.4. The first kappa shape index (κ1) is 11.8. The van der Waals surface area contributed by atoms with E-state index in [-0.39, 0.29) is 0 Å². The van der Waals surface area contributed by atoms with Gasteiger partial charge < -0.3 is 10.5 Å². The Morgan fingerprint density at radius 1 is 1.50 bits per heavy atom. The van der Waals surface area contributed by atoms with E-state index in [2.05, 4.69) is 20.7 Å². The Morgan fingerprint density at radius 3 is 1.83 bits per heavy atom. The molecule has 1 amide bonds. The van der Waals surface area contributed by atoms with Crippen LogP contribution in [0.4, 0.5) is 4.79 Å². The Morgan fingerprint density at radius 2 is 1.83 bits per heavy atom. The summed E-state index contributed by atoms with van der Waals surface area (Å²) < 4.78 is 4.58. The SMILES string of the molecule is BrC1CC1.CC(C)(C)OC(N)=O. The summed E-state index contributed by atoms with van der Waals surface area (Å²) in [5.74, 6) is 0. The fourth-order valence-corrected chi connectivity index (χ4v) is 0.629. The van der Waals surface area contributed by atoms with Crippen LogP contribution in [0.2, 0.25) is 0 Å². The second kappa shape index (κ2) is 4.70. The summed E-state index contributed by atoms with van der Waals surface area (Å²) in [5, 5.41) is 0. The first-order chi connectivity index (χ1) is 5.31. The quantitative estimate of drug-likeness (QED) is 0.659. The highest BCUT2D eigenvalue weighted by Gasteiger charge is 2.15. The molecule has 1 saturated carbocycles. The van der Waals surface area contributed by atoms with Crippen molar-refractivity contribution in [1.29, 1.82) is 0 Å². The zero-order valence-electron chi connectivity index (χ0n) is 7.76. The molecule has 0 bridgehead atoms. The summed E-state index contributed by atoms with van der Waals surface area (Å²) in [6.07, 6.45) is 2.08. The molecule has 3 nitrogen and oxygen atoms in total. The number of hydrogen-bond acceptors (Lipinski definition) is 2. The summed E-state index contributed by atoms with van der Waals surface area (Å²) in [6.45, 7) is 5.28. The van der Waals surface area contributed by atoms with E-state index < -0.39 is 11.7 Å². The normalized spacial score (nSPS) is 16.0. The highest BCUT2D eigenvalue weighted by atomic mass is 79.9. The number of carbonyl (C=O) groups is 1. The lowest BCUT2D eigenvalue weighted by Crippen LogP contribution is -2.27. The van der Waals surface area contributed by atoms with Crippen molar-refractivity contribution in [2.75, 3.05) is 0 Å². The molecular weight excluding hydrogens is 222 g/mol. The fraction of sp³-hybridized carbons (Fsp3) is 0.875. The van der Waals surface area contributed by atoms with Crippen molar-refractivity contribution in [2.45, 2.75) is 44.0 Å². The van der Waals surface area contributed by atoms with E-state index in [0.29, 0.717) is 0 Å². The van der Waals surface area contributed by atoms with Gasteiger partial charge in [-0.3, -0.25) is 0 Å². The number of amides is 1. The number of carbonyl (C=O) groups excluding carboxylic acids is 1. The maximum atomic E-state index is 10.0. The molecule has 1 aliphatic carbocycles. The Labute approximate surface area is 81.8 Å². The first-order valence-corrected chi connectivity index (χ1v) is 4.85. The van der Waals surface area contributed by atoms with Gasteiger partial charge in [-0.25, -0.2) is 4.79 Å². The van der Waals surface area contributed by atoms with Gasteiger partial charge in [0.15, 0.2) is 0 Å². The zero-order chi connectivity index (χ0) is 9.78. The molecule has 0 unspecified atom stereocenters. The smallest absolute Gasteiger partial charge is 0.405 e. The maximum absolute atomic E-state index is 10.0. The summed E-state index contributed by atoms with van der Waals surface area (Å²) in [5.41, 5.74) is 4.26. The lowest BCUT2D eigenvalue weighted by atomic mass is 10.2. The van der Waals surface area contributed by atoms with Gasteiger partial charge in [-0.05, 0) is 33.6 Å². The molecule has 0 radical (unpaired) electrons. The van der Waals surface area contributed by atoms with Crippen LogP contribution < -0.4 is 5.73 Å². The molecule has 0 spiro atoms. The molecule has 0 saturated heterocycles. The molecule has 4 heteroatoms. The van der Waals surface area contributed by atoms with Crippen molar-refractivity contribution in [3.63, 3.8) is 0 Å². The average Bonchev–Trinajstić information content (AvgIpc) is 2.43. The van der Waals surface area contributed by atoms with Crippen molar-refractivity contribution in [3.05, 3.63) is 0 Å². The lowest BCUT2D eigenvalue weighted by molar-refractivity contribution is 0.0600. The molecule has 0 aliphatic heterocycles. The molecule has 1 fully saturated rings. The van der Waals surface area contributed by atoms with E-state index >= 15 is 0 Å². The van der Waals surface area contributed by atoms with Crippen molar-refractivity contribution < 1.29 is 9.53 Å². The van der Waals surface area contributed by atoms with Crippen molar-refractivity contribution in [1.82, 2.24) is 0 Å². The largest absolute Gasteiger partial charge is 0.444 e. The summed E-state index contributed by atoms with van der Waals surface area (Å²) >= 11 is 3.38. The Hall–Kier alpha value is -0.250. The molecule has 72 valence electrons. The van der Waals surface area contributed by atoms with E-state index in [1.165, 1.54) is 12.8 Å². The van der Waals surface area contributed by atoms with Gasteiger partial charge in [0.25, 0.3) is 0 Å². The minimum absolute atomic E-state index is 0.453. The number of ether oxygens (including phenoxy) is 1. The van der Waals surface area contributed by atoms with Crippen LogP contribution in [0.1, 0.15) is 33.6 Å². The second-order valence-corrected chi connectivity index (χ2v) is 5.00. The molecule has 12 heavy (non-hydrogen) atoms. The van der Waals surface area contributed by atoms with Gasteiger partial charge in [0.05, 0.1) is 0 Å². The van der Waals surface area contributed by atoms with Crippen LogP contribution in [0.5, 0.6) is 0 Å². The van der Waals surface area contributed by atoms with Crippen molar-refractivity contribution in [2.24, 2.45) is 5.73 Å². The van der Waals surface area contributed by atoms with Gasteiger partial charge in [0, 0.05) is 4.83 Å². The Balaban J connectivity index is 0.000000247. The fourth-order valence-electron chi connectivity index (χ4n) is 0.365. The highest BCUT2D eigenvalue weighted by Crippen LogP contribution is 2.27. The summed E-state index contributed by atoms with van der Waals surface area (Å²) in [4.78, 5) is 10.9. The van der Waals surface area contributed by atoms with Gasteiger partial charge in [-0.15, -0.1) is 0 Å². The monoisotopic (exact) mass is 237 g/mol. The highest BCUT2D eigenvalue weighted by molar-refractivity contribution is 9.09. The predicted molar refractivity (Wildman–Crippen MR) is 52.4 cm³/mol. The molecule has 0 aromatic rings. The van der Waals surface area contributed by atoms with Crippen LogP contribution in [0, 0.1) is 0 Å². The van der Waals surface area contributed by atoms with Crippen LogP contribution in [0.15, 0.2) is 0 Å². The number of primary amides is 1. The number of rotatable bonds is 0. The Kier molecular flexibility index (Phi) is 4.60. The third-order valence-corrected chi connectivity index (χ3v) is 1.83. The van der Waals surface area contributed by atoms with Gasteiger partial charge in [0.2, 0.25) is 0 Å². The molecule has 0 heterocycles. The Bertz CT molecular complexity index is 150. The molecular formula is C8H16BrNO2. The summed E-state index contributed by atoms with van der Waals surface area (Å²) in [6, 6.07) is 0. The van der Waals surface area contributed by atoms with Crippen molar-refractivity contribution in [3.8, 4) is 0 Å². The van der Waals surface area contributed by atoms with Crippen LogP contribution in [0.25, 0.3) is 0 Å². The lowest BCUT2D eigenvalue weighted by Gasteiger charge is -2.16. The van der Waals surface area contributed by atoms with Crippen LogP contribution in [-0.4, -0.2) is 16.5 Å². The zero-order valence-corrected chi connectivity index (χ0v) is 9.35. The molecule has 0 aromatic carbocycles. The van der Waals surface area contributed by atoms with Gasteiger partial charge in [-0.1, -0.05) is 15.9 Å². The minimum Gasteiger partial charge on any atom is -0.444 e. The predicted octanol–water partition coefficient (Wildman–Crippen LogP) is 2.42. The molecule has 1 rings (SSSR count). The van der Waals surface area contributed by atoms with Crippen LogP contribution in [0.3, 0.4) is 0 Å². The standard InChI is InChI=1S/C5H11NO2.C3H5Br/c1-5(2,3)8-4(6)7;4-3-1-2-3/h1-3H3,(H2,6,7);3H,1-2H2. The maximum Gasteiger partial charge on any atom is 0.405 e. The van der Waals surface area contributed by atoms with E-state index in [1.807, 2.05) is 0 Å². The second-order valence-electron chi connectivity index (χ2n) is 3.71. The van der Waals surface area contributed by atoms with E-state index in [9.17, 15) is 4.79 Å². The molecule has 1 aliphatic rings. The van der Waals surface area contributed by atoms with Crippen molar-refractivity contribution >= 4 is 22.0 Å². The van der Waals surface area contributed by atoms with E-state index in [1.54, 1.807) is 20.8 Å². The molecule has 0 aromatic heterocycles. The number of halogens is 1. The molecule has 2 N–H and O–H groups in total. The summed E-state index contributed by atoms with van der Waals surface area (Å²) in [7, 11) is 0. The van der Waals surface area contributed by atoms with Gasteiger partial charge >= 0.3 is 6.09 Å². The molecule has 0 atom stereocenters. The topological polar surface area (TPSA) is 52.3 Å². The van der Waals surface area contributed by atoms with Crippen LogP contribution >= 0.6 is 15.9 Å². The van der Waals surface area contributed by atoms with E-state index in [4.69, 9.17) is 5.73 Å². The van der Waals surface area contributed by atoms with Crippen LogP contribution in [-0.2, 0) is 4.74 Å². The minimum atomic E-state index is -0.725. The van der Waals surface area contributed by atoms with Gasteiger partial charge in [-0.2, -0.15) is 0 Å². The van der Waals surface area contributed by atoms with E-state index in [0.717, 1.165) is 4.83 Å². The first-order valence-electron chi connectivity index (χ1n) is 3.94.